The number of carbonyl (C=O) groups excluding carboxylic acids is 1. The van der Waals surface area contributed by atoms with Crippen LogP contribution in [0.15, 0.2) is 12.3 Å². The first kappa shape index (κ1) is 15.5. The lowest BCUT2D eigenvalue weighted by Gasteiger charge is -2.21. The van der Waals surface area contributed by atoms with Gasteiger partial charge in [0.1, 0.15) is 5.69 Å². The fourth-order valence-electron chi connectivity index (χ4n) is 1.68. The molecule has 1 aromatic rings. The van der Waals surface area contributed by atoms with E-state index in [-0.39, 0.29) is 29.3 Å². The van der Waals surface area contributed by atoms with Gasteiger partial charge in [-0.2, -0.15) is 11.8 Å². The quantitative estimate of drug-likeness (QED) is 0.595. The Morgan fingerprint density at radius 3 is 2.74 bits per heavy atom. The lowest BCUT2D eigenvalue weighted by molar-refractivity contribution is -0.384. The van der Waals surface area contributed by atoms with Gasteiger partial charge >= 0.3 is 0 Å². The van der Waals surface area contributed by atoms with Crippen molar-refractivity contribution in [1.29, 1.82) is 0 Å². The Hall–Kier alpha value is -1.54. The molecule has 0 bridgehead atoms. The lowest BCUT2D eigenvalue weighted by Crippen LogP contribution is -2.41. The summed E-state index contributed by atoms with van der Waals surface area (Å²) in [6, 6.07) is 0.996. The first-order chi connectivity index (χ1) is 8.90. The van der Waals surface area contributed by atoms with Crippen LogP contribution in [0, 0.1) is 10.1 Å². The van der Waals surface area contributed by atoms with Gasteiger partial charge in [-0.3, -0.25) is 14.9 Å². The molecule has 0 spiro atoms. The first-order valence-electron chi connectivity index (χ1n) is 5.66. The van der Waals surface area contributed by atoms with E-state index < -0.39 is 10.8 Å². The zero-order chi connectivity index (χ0) is 14.6. The number of aliphatic hydroxyl groups is 1. The average Bonchev–Trinajstić information content (AvgIpc) is 2.73. The van der Waals surface area contributed by atoms with E-state index >= 15 is 0 Å². The van der Waals surface area contributed by atoms with E-state index in [0.717, 1.165) is 0 Å². The van der Waals surface area contributed by atoms with Crippen molar-refractivity contribution in [2.75, 3.05) is 12.9 Å². The molecule has 106 valence electrons. The Kier molecular flexibility index (Phi) is 5.37. The van der Waals surface area contributed by atoms with Crippen LogP contribution in [0.25, 0.3) is 0 Å². The van der Waals surface area contributed by atoms with E-state index in [1.807, 2.05) is 6.26 Å². The van der Waals surface area contributed by atoms with Crippen LogP contribution < -0.4 is 5.32 Å². The number of carbonyl (C=O) groups is 1. The highest BCUT2D eigenvalue weighted by Crippen LogP contribution is 2.16. The number of aliphatic hydroxyl groups excluding tert-OH is 1. The van der Waals surface area contributed by atoms with Gasteiger partial charge in [-0.05, 0) is 13.2 Å². The molecule has 0 aromatic carbocycles. The number of amides is 1. The minimum Gasteiger partial charge on any atom is -0.395 e. The maximum absolute atomic E-state index is 12.0. The molecule has 0 radical (unpaired) electrons. The van der Waals surface area contributed by atoms with Crippen molar-refractivity contribution < 1.29 is 14.8 Å². The lowest BCUT2D eigenvalue weighted by atomic mass is 10.2. The summed E-state index contributed by atoms with van der Waals surface area (Å²) in [7, 11) is 1.57. The van der Waals surface area contributed by atoms with Crippen LogP contribution in [0.3, 0.4) is 0 Å². The van der Waals surface area contributed by atoms with Gasteiger partial charge in [0.15, 0.2) is 0 Å². The van der Waals surface area contributed by atoms with Gasteiger partial charge < -0.3 is 15.0 Å². The molecule has 1 rings (SSSR count). The third-order valence-electron chi connectivity index (χ3n) is 2.83. The molecule has 1 aromatic heterocycles. The number of nitrogens with one attached hydrogen (secondary N) is 1. The molecule has 0 fully saturated rings. The molecule has 0 saturated heterocycles. The second kappa shape index (κ2) is 6.58. The van der Waals surface area contributed by atoms with Crippen LogP contribution in [-0.2, 0) is 7.05 Å². The topological polar surface area (TPSA) is 97.4 Å². The second-order valence-electron chi connectivity index (χ2n) is 4.17. The van der Waals surface area contributed by atoms with Crippen molar-refractivity contribution in [2.24, 2.45) is 7.05 Å². The molecule has 19 heavy (non-hydrogen) atoms. The summed E-state index contributed by atoms with van der Waals surface area (Å²) >= 11 is 1.45. The third-order valence-corrected chi connectivity index (χ3v) is 4.00. The molecule has 0 aliphatic carbocycles. The molecule has 2 N–H and O–H groups in total. The van der Waals surface area contributed by atoms with Gasteiger partial charge in [-0.15, -0.1) is 0 Å². The van der Waals surface area contributed by atoms with Gasteiger partial charge in [-0.1, -0.05) is 0 Å². The summed E-state index contributed by atoms with van der Waals surface area (Å²) in [5, 5.41) is 22.4. The molecule has 8 heteroatoms. The highest BCUT2D eigenvalue weighted by Gasteiger charge is 2.22. The maximum atomic E-state index is 12.0. The molecule has 0 aliphatic rings. The van der Waals surface area contributed by atoms with E-state index in [4.69, 9.17) is 5.11 Å². The van der Waals surface area contributed by atoms with Crippen LogP contribution in [0.2, 0.25) is 0 Å². The fourth-order valence-corrected chi connectivity index (χ4v) is 2.31. The minimum atomic E-state index is -0.543. The van der Waals surface area contributed by atoms with Crippen LogP contribution in [0.4, 0.5) is 5.69 Å². The molecular weight excluding hydrogens is 270 g/mol. The van der Waals surface area contributed by atoms with Gasteiger partial charge in [0, 0.05) is 24.4 Å². The number of rotatable bonds is 6. The van der Waals surface area contributed by atoms with Crippen LogP contribution >= 0.6 is 11.8 Å². The predicted molar refractivity (Wildman–Crippen MR) is 73.4 cm³/mol. The zero-order valence-corrected chi connectivity index (χ0v) is 11.8. The molecule has 2 unspecified atom stereocenters. The van der Waals surface area contributed by atoms with E-state index in [1.54, 1.807) is 14.0 Å². The van der Waals surface area contributed by atoms with Crippen molar-refractivity contribution in [2.45, 2.75) is 18.2 Å². The highest BCUT2D eigenvalue weighted by molar-refractivity contribution is 7.99. The average molecular weight is 287 g/mol. The minimum absolute atomic E-state index is 0.0457. The summed E-state index contributed by atoms with van der Waals surface area (Å²) in [5.74, 6) is -0.393. The fraction of sp³-hybridized carbons (Fsp3) is 0.545. The summed E-state index contributed by atoms with van der Waals surface area (Å²) in [4.78, 5) is 22.1. The Morgan fingerprint density at radius 1 is 1.68 bits per heavy atom. The monoisotopic (exact) mass is 287 g/mol. The van der Waals surface area contributed by atoms with Crippen molar-refractivity contribution in [3.63, 3.8) is 0 Å². The molecular formula is C11H17N3O4S. The van der Waals surface area contributed by atoms with E-state index in [0.29, 0.717) is 0 Å². The standard InChI is InChI=1S/C11H17N3O4S/c1-7(10(6-15)19-3)12-11(16)9-4-8(14(17)18)5-13(9)2/h4-5,7,10,15H,6H2,1-3H3,(H,12,16). The largest absolute Gasteiger partial charge is 0.395 e. The van der Waals surface area contributed by atoms with Crippen molar-refractivity contribution in [3.8, 4) is 0 Å². The molecule has 0 saturated carbocycles. The number of nitrogens with zero attached hydrogens (tertiary/aromatic N) is 2. The number of aryl methyl sites for hydroxylation is 1. The predicted octanol–water partition coefficient (Wildman–Crippen LogP) is 0.775. The van der Waals surface area contributed by atoms with E-state index in [1.165, 1.54) is 28.6 Å². The molecule has 2 atom stereocenters. The third kappa shape index (κ3) is 3.71. The van der Waals surface area contributed by atoms with Gasteiger partial charge in [0.2, 0.25) is 0 Å². The number of hydrogen-bond donors (Lipinski definition) is 2. The molecule has 0 aliphatic heterocycles. The Labute approximate surface area is 115 Å². The van der Waals surface area contributed by atoms with Crippen molar-refractivity contribution in [3.05, 3.63) is 28.1 Å². The SMILES string of the molecule is CSC(CO)C(C)NC(=O)c1cc([N+](=O)[O-])cn1C. The molecule has 1 heterocycles. The molecule has 1 amide bonds. The Balaban J connectivity index is 2.81. The zero-order valence-electron chi connectivity index (χ0n) is 11.0. The summed E-state index contributed by atoms with van der Waals surface area (Å²) in [6.07, 6.45) is 3.13. The Morgan fingerprint density at radius 2 is 2.32 bits per heavy atom. The summed E-state index contributed by atoms with van der Waals surface area (Å²) in [6.45, 7) is 1.74. The van der Waals surface area contributed by atoms with E-state index in [9.17, 15) is 14.9 Å². The number of aromatic nitrogens is 1. The maximum Gasteiger partial charge on any atom is 0.287 e. The smallest absolute Gasteiger partial charge is 0.287 e. The summed E-state index contributed by atoms with van der Waals surface area (Å²) in [5.41, 5.74) is 0.0974. The van der Waals surface area contributed by atoms with Gasteiger partial charge in [0.05, 0.1) is 17.7 Å². The number of nitro groups is 1. The Bertz CT molecular complexity index is 471. The van der Waals surface area contributed by atoms with Crippen molar-refractivity contribution in [1.82, 2.24) is 9.88 Å². The van der Waals surface area contributed by atoms with E-state index in [2.05, 4.69) is 5.32 Å². The van der Waals surface area contributed by atoms with Crippen LogP contribution in [-0.4, -0.2) is 44.7 Å². The summed E-state index contributed by atoms with van der Waals surface area (Å²) < 4.78 is 1.41. The first-order valence-corrected chi connectivity index (χ1v) is 6.94. The second-order valence-corrected chi connectivity index (χ2v) is 5.25. The van der Waals surface area contributed by atoms with Crippen molar-refractivity contribution >= 4 is 23.4 Å². The number of thioether (sulfide) groups is 1. The van der Waals surface area contributed by atoms with Crippen LogP contribution in [0.5, 0.6) is 0 Å². The normalized spacial score (nSPS) is 13.9. The highest BCUT2D eigenvalue weighted by atomic mass is 32.2. The van der Waals surface area contributed by atoms with Gasteiger partial charge in [0.25, 0.3) is 11.6 Å². The van der Waals surface area contributed by atoms with Crippen LogP contribution in [0.1, 0.15) is 17.4 Å². The van der Waals surface area contributed by atoms with Gasteiger partial charge in [-0.25, -0.2) is 0 Å². The molecule has 7 nitrogen and oxygen atoms in total. The number of hydrogen-bond acceptors (Lipinski definition) is 5.